The van der Waals surface area contributed by atoms with Gasteiger partial charge in [-0.2, -0.15) is 0 Å². The Balaban J connectivity index is 0. The van der Waals surface area contributed by atoms with Crippen LogP contribution < -0.4 is 0 Å². The van der Waals surface area contributed by atoms with Gasteiger partial charge in [0.25, 0.3) is 0 Å². The van der Waals surface area contributed by atoms with E-state index in [2.05, 4.69) is 50.8 Å². The molecule has 0 aromatic heterocycles. The molecule has 1 atom stereocenters. The van der Waals surface area contributed by atoms with Crippen molar-refractivity contribution in [3.8, 4) is 0 Å². The van der Waals surface area contributed by atoms with E-state index in [9.17, 15) is 0 Å². The molecule has 0 aromatic carbocycles. The first kappa shape index (κ1) is 16.8. The van der Waals surface area contributed by atoms with Gasteiger partial charge in [-0.1, -0.05) is 41.5 Å². The lowest BCUT2D eigenvalue weighted by Crippen LogP contribution is -2.32. The zero-order chi connectivity index (χ0) is 12.2. The molecule has 5 heteroatoms. The highest BCUT2D eigenvalue weighted by molar-refractivity contribution is 7.17. The van der Waals surface area contributed by atoms with Crippen LogP contribution in [0.3, 0.4) is 0 Å². The zero-order valence-corrected chi connectivity index (χ0v) is 11.2. The molecule has 0 spiro atoms. The van der Waals surface area contributed by atoms with Crippen molar-refractivity contribution in [1.82, 2.24) is 0 Å². The van der Waals surface area contributed by atoms with Crippen LogP contribution in [0.2, 0.25) is 0 Å². The minimum atomic E-state index is -2.17. The molecule has 0 saturated carbocycles. The van der Waals surface area contributed by atoms with Crippen LogP contribution in [-0.2, 0) is 0 Å². The van der Waals surface area contributed by atoms with Gasteiger partial charge in [0, 0.05) is 0 Å². The quantitative estimate of drug-likeness (QED) is 0.427. The Morgan fingerprint density at radius 2 is 1.00 bits per heavy atom. The molecule has 0 aliphatic rings. The summed E-state index contributed by atoms with van der Waals surface area (Å²) in [6, 6.07) is 0. The van der Waals surface area contributed by atoms with Crippen LogP contribution in [0.4, 0.5) is 0 Å². The Morgan fingerprint density at radius 1 is 0.857 bits per heavy atom. The molecule has 14 heavy (non-hydrogen) atoms. The van der Waals surface area contributed by atoms with Gasteiger partial charge in [-0.25, -0.2) is 0 Å². The van der Waals surface area contributed by atoms with E-state index in [4.69, 9.17) is 15.1 Å². The zero-order valence-electron chi connectivity index (χ0n) is 10.1. The number of hydrogen-bond donors (Lipinski definition) is 3. The highest BCUT2D eigenvalue weighted by Gasteiger charge is 2.30. The molecule has 0 fully saturated rings. The molecule has 0 saturated heterocycles. The smallest absolute Gasteiger partial charge is 0.402 e. The van der Waals surface area contributed by atoms with E-state index < -0.39 is 7.32 Å². The first-order chi connectivity index (χ1) is 5.89. The largest absolute Gasteiger partial charge is 0.631 e. The summed E-state index contributed by atoms with van der Waals surface area (Å²) in [5.74, 6) is 0. The van der Waals surface area contributed by atoms with E-state index in [0.29, 0.717) is 16.5 Å². The summed E-state index contributed by atoms with van der Waals surface area (Å²) < 4.78 is 0. The lowest BCUT2D eigenvalue weighted by molar-refractivity contribution is 0.248. The van der Waals surface area contributed by atoms with E-state index in [-0.39, 0.29) is 0 Å². The molecule has 0 aliphatic carbocycles. The highest BCUT2D eigenvalue weighted by Crippen LogP contribution is 2.39. The lowest BCUT2D eigenvalue weighted by Gasteiger charge is -2.37. The number of hydrogen-bond acceptors (Lipinski definition) is 3. The van der Waals surface area contributed by atoms with Crippen LogP contribution in [0, 0.1) is 10.8 Å². The maximum absolute atomic E-state index is 7.17. The van der Waals surface area contributed by atoms with E-state index in [1.54, 1.807) is 0 Å². The Labute approximate surface area is 90.3 Å². The van der Waals surface area contributed by atoms with Crippen LogP contribution in [0.1, 0.15) is 41.5 Å². The minimum absolute atomic E-state index is 0.406. The summed E-state index contributed by atoms with van der Waals surface area (Å²) in [5, 5.41) is 21.5. The van der Waals surface area contributed by atoms with Crippen molar-refractivity contribution in [2.24, 2.45) is 10.8 Å². The standard InChI is InChI=1S/C9H21P.BH3O3/c1-8(2,3)7(10)9(4,5)6;2-1(3)4/h7H,10H2,1-6H3;2-4H. The van der Waals surface area contributed by atoms with Crippen molar-refractivity contribution in [2.45, 2.75) is 47.2 Å². The summed E-state index contributed by atoms with van der Waals surface area (Å²) in [6.45, 7) is 13.7. The molecule has 0 rings (SSSR count). The molecule has 0 aliphatic heterocycles. The summed E-state index contributed by atoms with van der Waals surface area (Å²) >= 11 is 0. The molecular formula is C9H24BO3P. The summed E-state index contributed by atoms with van der Waals surface area (Å²) in [4.78, 5) is 0. The van der Waals surface area contributed by atoms with Gasteiger partial charge in [0.05, 0.1) is 0 Å². The molecule has 0 heterocycles. The molecular weight excluding hydrogens is 198 g/mol. The maximum Gasteiger partial charge on any atom is 0.631 e. The lowest BCUT2D eigenvalue weighted by atomic mass is 9.77. The molecule has 86 valence electrons. The van der Waals surface area contributed by atoms with Crippen molar-refractivity contribution in [3.05, 3.63) is 0 Å². The first-order valence-corrected chi connectivity index (χ1v) is 5.35. The van der Waals surface area contributed by atoms with Gasteiger partial charge in [0.15, 0.2) is 0 Å². The highest BCUT2D eigenvalue weighted by atomic mass is 31.0. The Kier molecular flexibility index (Phi) is 7.28. The molecule has 0 aromatic rings. The van der Waals surface area contributed by atoms with Crippen molar-refractivity contribution < 1.29 is 15.1 Å². The predicted molar refractivity (Wildman–Crippen MR) is 64.8 cm³/mol. The van der Waals surface area contributed by atoms with E-state index in [1.807, 2.05) is 0 Å². The summed E-state index contributed by atoms with van der Waals surface area (Å²) in [6.07, 6.45) is 0. The Hall–Kier alpha value is 0.375. The second-order valence-corrected chi connectivity index (χ2v) is 6.22. The van der Waals surface area contributed by atoms with Gasteiger partial charge in [0.1, 0.15) is 0 Å². The molecule has 0 radical (unpaired) electrons. The summed E-state index contributed by atoms with van der Waals surface area (Å²) in [5.41, 5.74) is 1.49. The average Bonchev–Trinajstić information content (AvgIpc) is 1.80. The normalized spacial score (nSPS) is 12.2. The van der Waals surface area contributed by atoms with E-state index in [1.165, 1.54) is 0 Å². The van der Waals surface area contributed by atoms with Gasteiger partial charge < -0.3 is 15.1 Å². The molecule has 3 N–H and O–H groups in total. The van der Waals surface area contributed by atoms with Crippen LogP contribution in [0.25, 0.3) is 0 Å². The molecule has 1 unspecified atom stereocenters. The van der Waals surface area contributed by atoms with Crippen LogP contribution in [0.15, 0.2) is 0 Å². The fourth-order valence-corrected chi connectivity index (χ4v) is 1.30. The van der Waals surface area contributed by atoms with Gasteiger partial charge in [-0.3, -0.25) is 0 Å². The van der Waals surface area contributed by atoms with Crippen LogP contribution in [0.5, 0.6) is 0 Å². The van der Waals surface area contributed by atoms with Gasteiger partial charge in [0.2, 0.25) is 0 Å². The van der Waals surface area contributed by atoms with Crippen LogP contribution in [-0.4, -0.2) is 28.1 Å². The van der Waals surface area contributed by atoms with Crippen molar-refractivity contribution in [1.29, 1.82) is 0 Å². The van der Waals surface area contributed by atoms with Gasteiger partial charge in [-0.15, -0.1) is 9.24 Å². The third kappa shape index (κ3) is 10.5. The fourth-order valence-electron chi connectivity index (χ4n) is 1.30. The average molecular weight is 222 g/mol. The summed E-state index contributed by atoms with van der Waals surface area (Å²) in [7, 11) is 0.782. The van der Waals surface area contributed by atoms with Crippen LogP contribution >= 0.6 is 9.24 Å². The maximum atomic E-state index is 7.17. The second-order valence-electron chi connectivity index (χ2n) is 5.56. The monoisotopic (exact) mass is 222 g/mol. The molecule has 3 nitrogen and oxygen atoms in total. The Morgan fingerprint density at radius 3 is 1.00 bits per heavy atom. The topological polar surface area (TPSA) is 60.7 Å². The predicted octanol–water partition coefficient (Wildman–Crippen LogP) is 1.27. The van der Waals surface area contributed by atoms with Gasteiger partial charge >= 0.3 is 7.32 Å². The Bertz CT molecular complexity index is 132. The van der Waals surface area contributed by atoms with Crippen molar-refractivity contribution in [2.75, 3.05) is 0 Å². The first-order valence-electron chi connectivity index (χ1n) is 4.69. The fraction of sp³-hybridized carbons (Fsp3) is 1.00. The van der Waals surface area contributed by atoms with E-state index in [0.717, 1.165) is 0 Å². The van der Waals surface area contributed by atoms with Crippen molar-refractivity contribution >= 4 is 16.6 Å². The minimum Gasteiger partial charge on any atom is -0.402 e. The SMILES string of the molecule is CC(C)(C)C(P)C(C)(C)C.OB(O)O. The third-order valence-electron chi connectivity index (χ3n) is 1.87. The third-order valence-corrected chi connectivity index (χ3v) is 3.87. The second kappa shape index (κ2) is 6.07. The van der Waals surface area contributed by atoms with Gasteiger partial charge in [-0.05, 0) is 16.5 Å². The van der Waals surface area contributed by atoms with E-state index >= 15 is 0 Å². The molecule has 0 bridgehead atoms. The number of rotatable bonds is 0. The van der Waals surface area contributed by atoms with Crippen molar-refractivity contribution in [3.63, 3.8) is 0 Å². The molecule has 0 amide bonds.